The van der Waals surface area contributed by atoms with E-state index in [1.807, 2.05) is 70.5 Å². The topological polar surface area (TPSA) is 147 Å². The molecule has 0 bridgehead atoms. The number of carbonyl (C=O) groups excluding carboxylic acids is 2. The van der Waals surface area contributed by atoms with E-state index in [2.05, 4.69) is 65.4 Å². The van der Waals surface area contributed by atoms with Gasteiger partial charge in [0, 0.05) is 35.9 Å². The molecule has 12 aliphatic rings. The van der Waals surface area contributed by atoms with Gasteiger partial charge in [0.25, 0.3) is 0 Å². The van der Waals surface area contributed by atoms with Gasteiger partial charge >= 0.3 is 12.2 Å². The number of aliphatic hydroxyl groups is 1. The van der Waals surface area contributed by atoms with Gasteiger partial charge in [-0.25, -0.2) is 9.59 Å². The lowest BCUT2D eigenvalue weighted by Crippen LogP contribution is -2.54. The number of aliphatic hydroxyl groups excluding tert-OH is 1. The number of azide groups is 1. The Labute approximate surface area is 502 Å². The maximum atomic E-state index is 13.5. The summed E-state index contributed by atoms with van der Waals surface area (Å²) in [6.07, 6.45) is 22.5. The van der Waals surface area contributed by atoms with E-state index in [0.29, 0.717) is 59.6 Å². The highest BCUT2D eigenvalue weighted by molar-refractivity contribution is 5.69. The molecule has 2 spiro atoms. The minimum atomic E-state index is -0.206. The molecule has 22 atom stereocenters. The van der Waals surface area contributed by atoms with Crippen LogP contribution in [0.25, 0.3) is 10.4 Å². The van der Waals surface area contributed by atoms with Crippen LogP contribution in [-0.2, 0) is 32.2 Å². The maximum Gasteiger partial charge on any atom is 0.410 e. The van der Waals surface area contributed by atoms with E-state index in [0.717, 1.165) is 112 Å². The molecule has 8 aliphatic carbocycles. The van der Waals surface area contributed by atoms with Crippen molar-refractivity contribution in [1.29, 1.82) is 0 Å². The number of fused-ring (bicyclic) bond motifs is 12. The van der Waals surface area contributed by atoms with E-state index >= 15 is 0 Å². The number of rotatable bonds is 5. The number of carbonyl (C=O) groups is 2. The minimum absolute atomic E-state index is 0.0727. The van der Waals surface area contributed by atoms with E-state index in [9.17, 15) is 14.7 Å². The van der Waals surface area contributed by atoms with Crippen LogP contribution in [0.15, 0.2) is 88.1 Å². The smallest absolute Gasteiger partial charge is 0.410 e. The van der Waals surface area contributed by atoms with Gasteiger partial charge in [-0.1, -0.05) is 130 Å². The first-order valence-corrected chi connectivity index (χ1v) is 33.8. The molecule has 4 aliphatic heterocycles. The molecular weight excluding hydrogens is 1050 g/mol. The van der Waals surface area contributed by atoms with Crippen LogP contribution in [0.4, 0.5) is 9.59 Å². The number of amides is 2. The van der Waals surface area contributed by atoms with Crippen LogP contribution in [0.2, 0.25) is 0 Å². The molecule has 456 valence electrons. The first kappa shape index (κ1) is 58.7. The average molecular weight is 1150 g/mol. The Morgan fingerprint density at radius 1 is 0.619 bits per heavy atom. The third-order valence-corrected chi connectivity index (χ3v) is 26.5. The van der Waals surface area contributed by atoms with Crippen LogP contribution in [0.5, 0.6) is 0 Å². The van der Waals surface area contributed by atoms with Crippen LogP contribution in [0.1, 0.15) is 195 Å². The Hall–Kier alpha value is -4.35. The molecule has 12 nitrogen and oxygen atoms in total. The summed E-state index contributed by atoms with van der Waals surface area (Å²) in [7, 11) is 0. The van der Waals surface area contributed by atoms with Crippen molar-refractivity contribution in [2.75, 3.05) is 13.1 Å². The lowest BCUT2D eigenvalue weighted by Gasteiger charge is -2.53. The first-order valence-electron chi connectivity index (χ1n) is 33.8. The van der Waals surface area contributed by atoms with Crippen molar-refractivity contribution in [2.24, 2.45) is 87.0 Å². The van der Waals surface area contributed by atoms with E-state index < -0.39 is 0 Å². The van der Waals surface area contributed by atoms with Crippen molar-refractivity contribution in [1.82, 2.24) is 9.80 Å². The summed E-state index contributed by atoms with van der Waals surface area (Å²) in [5.74, 6) is 7.15. The molecule has 0 radical (unpaired) electrons. The van der Waals surface area contributed by atoms with Gasteiger partial charge in [0.15, 0.2) is 0 Å². The molecule has 1 N–H and O–H groups in total. The fraction of sp³-hybridized carbons (Fsp3) is 0.750. The molecule has 4 saturated heterocycles. The van der Waals surface area contributed by atoms with E-state index in [4.69, 9.17) is 24.5 Å². The third kappa shape index (κ3) is 10.3. The van der Waals surface area contributed by atoms with Crippen LogP contribution >= 0.6 is 0 Å². The second-order valence-electron chi connectivity index (χ2n) is 30.9. The maximum absolute atomic E-state index is 13.5. The van der Waals surface area contributed by atoms with Gasteiger partial charge < -0.3 is 33.9 Å². The third-order valence-electron chi connectivity index (χ3n) is 26.5. The fourth-order valence-electron chi connectivity index (χ4n) is 22.3. The van der Waals surface area contributed by atoms with Gasteiger partial charge in [-0.3, -0.25) is 0 Å². The molecule has 4 heterocycles. The first-order chi connectivity index (χ1) is 40.4. The number of likely N-dealkylation sites (tertiary alicyclic amines) is 2. The van der Waals surface area contributed by atoms with Crippen molar-refractivity contribution in [2.45, 2.75) is 245 Å². The monoisotopic (exact) mass is 1150 g/mol. The van der Waals surface area contributed by atoms with Crippen molar-refractivity contribution < 1.29 is 33.6 Å². The number of benzene rings is 2. The van der Waals surface area contributed by atoms with E-state index in [1.165, 1.54) is 64.2 Å². The van der Waals surface area contributed by atoms with Gasteiger partial charge in [-0.2, -0.15) is 0 Å². The Morgan fingerprint density at radius 3 is 1.54 bits per heavy atom. The van der Waals surface area contributed by atoms with Crippen LogP contribution in [0.3, 0.4) is 0 Å². The molecule has 84 heavy (non-hydrogen) atoms. The standard InChI is InChI=1S/C36H50N4O3.C36H51NO4/c1-22-16-32-33(40(20-22)34(41)42-21-25-8-6-5-7-9-25)24(3)36(43-32)15-13-28-29-11-10-26-17-27(38-39-37)12-14-35(26,4)31(29)18-30(28)23(2)19-36;1-22-16-32-33(37(20-22)34(39)40-21-25-8-6-5-7-9-25)24(3)36(41-32)15-13-28-29-11-10-26-17-27(38)12-14-35(26,4)31(29)18-30(28)23(2)19-36/h5-9,22,24,26-29,31-33H,10-21H2,1-4H3;5-9,22,24,26-29,31-33,38H,10-21H2,1-4H3/t22-,24+,26+,27+,28-,29-,31-,32+,33-,35-,36-;22-,24+,26+,27-,28-,29-,31-,32+,33-,35-,36-/m00/s1. The highest BCUT2D eigenvalue weighted by Gasteiger charge is 2.63. The zero-order chi connectivity index (χ0) is 58.5. The zero-order valence-electron chi connectivity index (χ0n) is 52.3. The Bertz CT molecular complexity index is 2870. The number of allylic oxidation sites excluding steroid dienone is 2. The number of hydrogen-bond acceptors (Lipinski definition) is 8. The van der Waals surface area contributed by atoms with Crippen LogP contribution in [0, 0.1) is 81.8 Å². The largest absolute Gasteiger partial charge is 0.445 e. The normalized spacial score (nSPS) is 44.5. The van der Waals surface area contributed by atoms with Gasteiger partial charge in [0.1, 0.15) is 13.2 Å². The number of hydrogen-bond donors (Lipinski definition) is 1. The van der Waals surface area contributed by atoms with Crippen molar-refractivity contribution >= 4 is 12.2 Å². The van der Waals surface area contributed by atoms with Gasteiger partial charge in [-0.05, 0) is 229 Å². The van der Waals surface area contributed by atoms with Crippen LogP contribution < -0.4 is 0 Å². The fourth-order valence-corrected chi connectivity index (χ4v) is 22.3. The van der Waals surface area contributed by atoms with Gasteiger partial charge in [0.05, 0.1) is 41.6 Å². The highest BCUT2D eigenvalue weighted by Crippen LogP contribution is 2.68. The summed E-state index contributed by atoms with van der Waals surface area (Å²) < 4.78 is 26.1. The summed E-state index contributed by atoms with van der Waals surface area (Å²) in [6.45, 7) is 21.3. The Morgan fingerprint density at radius 2 is 1.07 bits per heavy atom. The quantitative estimate of drug-likeness (QED) is 0.136. The molecule has 14 rings (SSSR count). The second kappa shape index (κ2) is 23.0. The number of nitrogens with zero attached hydrogens (tertiary/aromatic N) is 5. The zero-order valence-corrected chi connectivity index (χ0v) is 52.3. The molecule has 0 aromatic heterocycles. The summed E-state index contributed by atoms with van der Waals surface area (Å²) >= 11 is 0. The highest BCUT2D eigenvalue weighted by atomic mass is 16.6. The van der Waals surface area contributed by atoms with Gasteiger partial charge in [0.2, 0.25) is 0 Å². The summed E-state index contributed by atoms with van der Waals surface area (Å²) in [5.41, 5.74) is 18.1. The molecule has 6 saturated carbocycles. The molecular formula is C72H101N5O7. The van der Waals surface area contributed by atoms with Crippen molar-refractivity contribution in [3.8, 4) is 0 Å². The van der Waals surface area contributed by atoms with Gasteiger partial charge in [-0.15, -0.1) is 0 Å². The van der Waals surface area contributed by atoms with Crippen molar-refractivity contribution in [3.63, 3.8) is 0 Å². The molecule has 12 heteroatoms. The Balaban J connectivity index is 0.000000157. The molecule has 10 fully saturated rings. The summed E-state index contributed by atoms with van der Waals surface area (Å²) in [5, 5.41) is 14.6. The summed E-state index contributed by atoms with van der Waals surface area (Å²) in [4.78, 5) is 34.3. The molecule has 2 aromatic rings. The van der Waals surface area contributed by atoms with E-state index in [-0.39, 0.29) is 71.7 Å². The van der Waals surface area contributed by atoms with Crippen LogP contribution in [-0.4, -0.2) is 87.8 Å². The van der Waals surface area contributed by atoms with Crippen molar-refractivity contribution in [3.05, 3.63) is 105 Å². The predicted molar refractivity (Wildman–Crippen MR) is 327 cm³/mol. The SMILES string of the molecule is CC1=C2C[C@H]3[C@@H](CC[C@@H]4C[C@@H](O)CC[C@@]43C)[C@@H]2CC[C@@]2(C1)O[C@@H]1C[C@H](C)CN(C(=O)OCc3ccccc3)[C@H]1[C@H]2C.CC1=C2C[C@H]3[C@@H](CC[C@@H]4C[C@H](N=[N+]=[N-])CC[C@@]43C)[C@@H]2CC[C@@]2(C1)O[C@@H]1C[C@H](C)CN(C(=O)OCc3ccccc3)[C@H]1[C@H]2C. The minimum Gasteiger partial charge on any atom is -0.445 e. The molecule has 2 aromatic carbocycles. The number of ether oxygens (including phenoxy) is 4. The summed E-state index contributed by atoms with van der Waals surface area (Å²) in [6, 6.07) is 20.3. The lowest BCUT2D eigenvalue weighted by atomic mass is 9.52. The molecule has 2 amide bonds. The predicted octanol–water partition coefficient (Wildman–Crippen LogP) is 16.4. The second-order valence-corrected chi connectivity index (χ2v) is 30.9. The number of piperidine rings is 2. The van der Waals surface area contributed by atoms with E-state index in [1.54, 1.807) is 22.3 Å². The Kier molecular flexibility index (Phi) is 16.0. The average Bonchev–Trinajstić information content (AvgIpc) is 1.69. The molecule has 0 unspecified atom stereocenters. The lowest BCUT2D eigenvalue weighted by molar-refractivity contribution is -0.0832.